The quantitative estimate of drug-likeness (QED) is 0.218. The molecule has 0 aromatic heterocycles. The van der Waals surface area contributed by atoms with E-state index >= 15 is 0 Å². The Morgan fingerprint density at radius 1 is 0.525 bits per heavy atom. The molecule has 5 aromatic rings. The first-order valence-electron chi connectivity index (χ1n) is 14.2. The van der Waals surface area contributed by atoms with Crippen LogP contribution in [0.15, 0.2) is 146 Å². The molecule has 0 N–H and O–H groups in total. The molecule has 0 heteroatoms. The van der Waals surface area contributed by atoms with Crippen LogP contribution in [0.4, 0.5) is 0 Å². The van der Waals surface area contributed by atoms with E-state index in [9.17, 15) is 0 Å². The number of fused-ring (bicyclic) bond motifs is 13. The summed E-state index contributed by atoms with van der Waals surface area (Å²) in [7, 11) is 0. The van der Waals surface area contributed by atoms with Gasteiger partial charge in [0, 0.05) is 0 Å². The van der Waals surface area contributed by atoms with Crippen LogP contribution in [0.5, 0.6) is 0 Å². The van der Waals surface area contributed by atoms with Gasteiger partial charge in [-0.25, -0.2) is 0 Å². The molecule has 0 saturated heterocycles. The Hall–Kier alpha value is -4.68. The van der Waals surface area contributed by atoms with Gasteiger partial charge in [0.25, 0.3) is 0 Å². The van der Waals surface area contributed by atoms with Crippen molar-refractivity contribution in [2.24, 2.45) is 0 Å². The number of aryl methyl sites for hydroxylation is 1. The molecular weight excluding hydrogens is 480 g/mol. The van der Waals surface area contributed by atoms with E-state index in [1.807, 2.05) is 0 Å². The summed E-state index contributed by atoms with van der Waals surface area (Å²) in [5.41, 5.74) is 16.5. The second kappa shape index (κ2) is 8.16. The molecule has 0 saturated carbocycles. The van der Waals surface area contributed by atoms with E-state index in [0.717, 1.165) is 0 Å². The molecule has 0 amide bonds. The number of hydrogen-bond acceptors (Lipinski definition) is 0. The summed E-state index contributed by atoms with van der Waals surface area (Å²) in [6, 6.07) is 43.3. The second-order valence-electron chi connectivity index (χ2n) is 11.2. The van der Waals surface area contributed by atoms with Gasteiger partial charge in [-0.3, -0.25) is 0 Å². The van der Waals surface area contributed by atoms with Crippen LogP contribution in [-0.2, 0) is 10.8 Å². The van der Waals surface area contributed by atoms with E-state index in [2.05, 4.69) is 154 Å². The molecule has 0 nitrogen and oxygen atoms in total. The fourth-order valence-electron chi connectivity index (χ4n) is 8.37. The molecule has 40 heavy (non-hydrogen) atoms. The maximum Gasteiger partial charge on any atom is 0.0720 e. The summed E-state index contributed by atoms with van der Waals surface area (Å²) in [4.78, 5) is 0. The van der Waals surface area contributed by atoms with Crippen molar-refractivity contribution in [2.75, 3.05) is 0 Å². The van der Waals surface area contributed by atoms with E-state index in [0.29, 0.717) is 0 Å². The highest BCUT2D eigenvalue weighted by atomic mass is 14.6. The van der Waals surface area contributed by atoms with Gasteiger partial charge >= 0.3 is 0 Å². The first-order chi connectivity index (χ1) is 19.7. The zero-order valence-electron chi connectivity index (χ0n) is 22.9. The zero-order valence-corrected chi connectivity index (χ0v) is 22.9. The number of allylic oxidation sites excluding steroid dienone is 5. The van der Waals surface area contributed by atoms with Crippen molar-refractivity contribution in [3.05, 3.63) is 196 Å². The lowest BCUT2D eigenvalue weighted by Crippen LogP contribution is -2.44. The smallest absolute Gasteiger partial charge is 0.0720 e. The highest BCUT2D eigenvalue weighted by Crippen LogP contribution is 2.67. The lowest BCUT2D eigenvalue weighted by molar-refractivity contribution is 0.630. The Balaban J connectivity index is 1.63. The molecule has 8 rings (SSSR count). The first-order valence-corrected chi connectivity index (χ1v) is 14.2. The molecule has 0 radical (unpaired) electrons. The van der Waals surface area contributed by atoms with Crippen molar-refractivity contribution in [3.63, 3.8) is 0 Å². The normalized spacial score (nSPS) is 16.6. The van der Waals surface area contributed by atoms with E-state index in [1.165, 1.54) is 72.3 Å². The molecule has 3 aliphatic carbocycles. The maximum absolute atomic E-state index is 4.34. The van der Waals surface area contributed by atoms with Crippen molar-refractivity contribution in [1.82, 2.24) is 0 Å². The molecule has 2 spiro atoms. The van der Waals surface area contributed by atoms with Gasteiger partial charge in [-0.15, -0.1) is 0 Å². The zero-order chi connectivity index (χ0) is 27.1. The molecular formula is C40H30. The van der Waals surface area contributed by atoms with E-state index in [4.69, 9.17) is 0 Å². The molecule has 0 aliphatic heterocycles. The molecule has 5 aromatic carbocycles. The van der Waals surface area contributed by atoms with Crippen LogP contribution in [0, 0.1) is 6.92 Å². The molecule has 0 heterocycles. The summed E-state index contributed by atoms with van der Waals surface area (Å²) >= 11 is 0. The van der Waals surface area contributed by atoms with Crippen molar-refractivity contribution in [3.8, 4) is 11.1 Å². The third-order valence-corrected chi connectivity index (χ3v) is 9.60. The van der Waals surface area contributed by atoms with Crippen LogP contribution in [0.1, 0.15) is 57.0 Å². The third-order valence-electron chi connectivity index (χ3n) is 9.60. The fraction of sp³-hybridized carbons (Fsp3) is 0.100. The summed E-state index contributed by atoms with van der Waals surface area (Å²) in [6.45, 7) is 8.71. The van der Waals surface area contributed by atoms with Gasteiger partial charge in [0.1, 0.15) is 0 Å². The summed E-state index contributed by atoms with van der Waals surface area (Å²) in [5, 5.41) is 0. The summed E-state index contributed by atoms with van der Waals surface area (Å²) in [5.74, 6) is 0. The largest absolute Gasteiger partial charge is 0.0984 e. The second-order valence-corrected chi connectivity index (χ2v) is 11.2. The van der Waals surface area contributed by atoms with E-state index in [1.54, 1.807) is 0 Å². The Labute approximate surface area is 236 Å². The predicted molar refractivity (Wildman–Crippen MR) is 167 cm³/mol. The lowest BCUT2D eigenvalue weighted by Gasteiger charge is -2.49. The van der Waals surface area contributed by atoms with Gasteiger partial charge in [0.15, 0.2) is 0 Å². The fourth-order valence-corrected chi connectivity index (χ4v) is 8.37. The van der Waals surface area contributed by atoms with Gasteiger partial charge in [-0.2, -0.15) is 0 Å². The molecule has 0 unspecified atom stereocenters. The Bertz CT molecular complexity index is 1850. The van der Waals surface area contributed by atoms with Crippen LogP contribution in [0.25, 0.3) is 16.7 Å². The minimum absolute atomic E-state index is 0.395. The third kappa shape index (κ3) is 2.49. The molecule has 0 bridgehead atoms. The molecule has 0 fully saturated rings. The monoisotopic (exact) mass is 510 g/mol. The maximum atomic E-state index is 4.34. The first kappa shape index (κ1) is 23.2. The number of rotatable bonds is 2. The number of hydrogen-bond donors (Lipinski definition) is 0. The summed E-state index contributed by atoms with van der Waals surface area (Å²) in [6.07, 6.45) is 6.60. The van der Waals surface area contributed by atoms with Crippen molar-refractivity contribution >= 4 is 5.57 Å². The van der Waals surface area contributed by atoms with Crippen molar-refractivity contribution in [2.45, 2.75) is 24.7 Å². The number of benzene rings is 5. The van der Waals surface area contributed by atoms with Crippen LogP contribution in [-0.4, -0.2) is 0 Å². The average molecular weight is 511 g/mol. The highest BCUT2D eigenvalue weighted by molar-refractivity contribution is 5.96. The molecule has 190 valence electrons. The molecule has 0 atom stereocenters. The van der Waals surface area contributed by atoms with Crippen LogP contribution in [0.3, 0.4) is 0 Å². The van der Waals surface area contributed by atoms with Crippen LogP contribution in [0.2, 0.25) is 0 Å². The van der Waals surface area contributed by atoms with Crippen molar-refractivity contribution in [1.29, 1.82) is 0 Å². The average Bonchev–Trinajstić information content (AvgIpc) is 3.46. The highest BCUT2D eigenvalue weighted by Gasteiger charge is 2.58. The van der Waals surface area contributed by atoms with Crippen molar-refractivity contribution < 1.29 is 0 Å². The minimum Gasteiger partial charge on any atom is -0.0984 e. The predicted octanol–water partition coefficient (Wildman–Crippen LogP) is 9.54. The van der Waals surface area contributed by atoms with Gasteiger partial charge in [-0.05, 0) is 86.2 Å². The van der Waals surface area contributed by atoms with Gasteiger partial charge in [-0.1, -0.05) is 140 Å². The van der Waals surface area contributed by atoms with E-state index in [-0.39, 0.29) is 0 Å². The standard InChI is InChI=1S/C40H30/c1-4-15-30-27(5-2)38-26(3)16-14-25-37(38)40(30)35-23-12-10-21-33(35)39(34-22-11-13-24-36(34)40)31-19-8-6-17-28(31)29-18-7-9-20-32(29)39/h4-25H,2H2,1,3H3/b15-4-. The van der Waals surface area contributed by atoms with Gasteiger partial charge in [0.05, 0.1) is 10.8 Å². The Morgan fingerprint density at radius 3 is 1.48 bits per heavy atom. The Morgan fingerprint density at radius 2 is 0.975 bits per heavy atom. The van der Waals surface area contributed by atoms with Crippen LogP contribution < -0.4 is 0 Å². The SMILES string of the molecule is C=CC1=C(/C=C\C)C2(c3ccccc3C3(c4ccccc4-c4ccccc43)c3ccccc32)c2cccc(C)c21. The molecule has 3 aliphatic rings. The topological polar surface area (TPSA) is 0 Å². The minimum atomic E-state index is -0.442. The lowest BCUT2D eigenvalue weighted by atomic mass is 9.52. The van der Waals surface area contributed by atoms with E-state index < -0.39 is 10.8 Å². The van der Waals surface area contributed by atoms with Crippen LogP contribution >= 0.6 is 0 Å². The van der Waals surface area contributed by atoms with Gasteiger partial charge < -0.3 is 0 Å². The summed E-state index contributed by atoms with van der Waals surface area (Å²) < 4.78 is 0. The Kier molecular flexibility index (Phi) is 4.74. The van der Waals surface area contributed by atoms with Gasteiger partial charge in [0.2, 0.25) is 0 Å².